The van der Waals surface area contributed by atoms with Crippen molar-refractivity contribution < 1.29 is 19.7 Å². The SMILES string of the molecule is O=C(O)NCc1cc(Nc2ncc3cccc(OC4CCC(O)CC4)c3n2)cc2[nH]cnc12. The van der Waals surface area contributed by atoms with Crippen LogP contribution in [-0.4, -0.2) is 48.5 Å². The number of nitrogens with zero attached hydrogens (tertiary/aromatic N) is 3. The number of fused-ring (bicyclic) bond motifs is 2. The molecule has 2 heterocycles. The fourth-order valence-corrected chi connectivity index (χ4v) is 4.16. The van der Waals surface area contributed by atoms with E-state index in [1.165, 1.54) is 0 Å². The number of H-pyrrole nitrogens is 1. The van der Waals surface area contributed by atoms with E-state index in [-0.39, 0.29) is 18.8 Å². The van der Waals surface area contributed by atoms with Gasteiger partial charge in [-0.25, -0.2) is 19.7 Å². The van der Waals surface area contributed by atoms with Gasteiger partial charge in [-0.15, -0.1) is 0 Å². The molecule has 170 valence electrons. The molecule has 4 aromatic rings. The lowest BCUT2D eigenvalue weighted by molar-refractivity contribution is 0.0672. The molecule has 0 unspecified atom stereocenters. The number of aliphatic hydroxyl groups is 1. The van der Waals surface area contributed by atoms with E-state index in [1.54, 1.807) is 12.5 Å². The van der Waals surface area contributed by atoms with Gasteiger partial charge in [0.05, 0.1) is 29.6 Å². The number of rotatable bonds is 6. The van der Waals surface area contributed by atoms with Crippen molar-refractivity contribution in [1.29, 1.82) is 0 Å². The maximum absolute atomic E-state index is 10.9. The highest BCUT2D eigenvalue weighted by Crippen LogP contribution is 2.30. The second-order valence-corrected chi connectivity index (χ2v) is 8.15. The van der Waals surface area contributed by atoms with Crippen molar-refractivity contribution in [2.45, 2.75) is 44.4 Å². The largest absolute Gasteiger partial charge is 0.488 e. The predicted molar refractivity (Wildman–Crippen MR) is 123 cm³/mol. The number of ether oxygens (including phenoxy) is 1. The summed E-state index contributed by atoms with van der Waals surface area (Å²) in [6.07, 6.45) is 5.13. The van der Waals surface area contributed by atoms with Gasteiger partial charge in [0.2, 0.25) is 5.95 Å². The van der Waals surface area contributed by atoms with Crippen molar-refractivity contribution in [2.24, 2.45) is 0 Å². The third-order valence-electron chi connectivity index (χ3n) is 5.80. The van der Waals surface area contributed by atoms with Crippen molar-refractivity contribution >= 4 is 39.7 Å². The van der Waals surface area contributed by atoms with Crippen LogP contribution in [0.15, 0.2) is 42.9 Å². The molecule has 0 radical (unpaired) electrons. The van der Waals surface area contributed by atoms with Gasteiger partial charge in [0.1, 0.15) is 11.3 Å². The minimum Gasteiger partial charge on any atom is -0.488 e. The van der Waals surface area contributed by atoms with E-state index < -0.39 is 6.09 Å². The van der Waals surface area contributed by atoms with Crippen LogP contribution in [0.4, 0.5) is 16.4 Å². The van der Waals surface area contributed by atoms with Crippen LogP contribution in [-0.2, 0) is 6.54 Å². The third kappa shape index (κ3) is 4.65. The summed E-state index contributed by atoms with van der Waals surface area (Å²) in [4.78, 5) is 27.4. The number of aliphatic hydroxyl groups excluding tert-OH is 1. The zero-order chi connectivity index (χ0) is 22.8. The highest BCUT2D eigenvalue weighted by molar-refractivity contribution is 5.86. The summed E-state index contributed by atoms with van der Waals surface area (Å²) in [5.74, 6) is 1.09. The lowest BCUT2D eigenvalue weighted by Crippen LogP contribution is -2.26. The maximum Gasteiger partial charge on any atom is 0.404 e. The number of carbonyl (C=O) groups is 1. The molecule has 1 aliphatic carbocycles. The number of benzene rings is 2. The summed E-state index contributed by atoms with van der Waals surface area (Å²) in [6, 6.07) is 9.44. The number of carboxylic acid groups (broad SMARTS) is 1. The number of nitrogens with one attached hydrogen (secondary N) is 3. The third-order valence-corrected chi connectivity index (χ3v) is 5.80. The van der Waals surface area contributed by atoms with E-state index in [9.17, 15) is 9.90 Å². The summed E-state index contributed by atoms with van der Waals surface area (Å²) in [5.41, 5.74) is 3.60. The van der Waals surface area contributed by atoms with Crippen molar-refractivity contribution in [3.63, 3.8) is 0 Å². The lowest BCUT2D eigenvalue weighted by Gasteiger charge is -2.26. The Morgan fingerprint density at radius 2 is 2.00 bits per heavy atom. The summed E-state index contributed by atoms with van der Waals surface area (Å²) >= 11 is 0. The van der Waals surface area contributed by atoms with Crippen LogP contribution < -0.4 is 15.4 Å². The van der Waals surface area contributed by atoms with Crippen molar-refractivity contribution in [3.8, 4) is 5.75 Å². The number of imidazole rings is 1. The highest BCUT2D eigenvalue weighted by Gasteiger charge is 2.21. The smallest absolute Gasteiger partial charge is 0.404 e. The van der Waals surface area contributed by atoms with Gasteiger partial charge in [-0.3, -0.25) is 0 Å². The van der Waals surface area contributed by atoms with E-state index >= 15 is 0 Å². The van der Waals surface area contributed by atoms with Gasteiger partial charge in [-0.2, -0.15) is 0 Å². The van der Waals surface area contributed by atoms with Gasteiger partial charge < -0.3 is 30.6 Å². The average molecular weight is 448 g/mol. The Kier molecular flexibility index (Phi) is 5.66. The van der Waals surface area contributed by atoms with Crippen LogP contribution in [0.5, 0.6) is 5.75 Å². The van der Waals surface area contributed by atoms with Crippen molar-refractivity contribution in [3.05, 3.63) is 48.4 Å². The fourth-order valence-electron chi connectivity index (χ4n) is 4.16. The van der Waals surface area contributed by atoms with Crippen LogP contribution in [0.2, 0.25) is 0 Å². The average Bonchev–Trinajstić information content (AvgIpc) is 3.28. The fraction of sp³-hybridized carbons (Fsp3) is 0.304. The number of hydrogen-bond donors (Lipinski definition) is 5. The number of aromatic nitrogens is 4. The molecule has 10 heteroatoms. The zero-order valence-electron chi connectivity index (χ0n) is 17.8. The lowest BCUT2D eigenvalue weighted by atomic mass is 9.95. The van der Waals surface area contributed by atoms with Gasteiger partial charge in [0.25, 0.3) is 0 Å². The normalized spacial score (nSPS) is 18.3. The van der Waals surface area contributed by atoms with Crippen LogP contribution in [0, 0.1) is 0 Å². The maximum atomic E-state index is 10.9. The van der Waals surface area contributed by atoms with Gasteiger partial charge in [0, 0.05) is 29.4 Å². The molecule has 0 bridgehead atoms. The molecule has 1 aliphatic rings. The minimum absolute atomic E-state index is 0.0532. The molecule has 2 aromatic carbocycles. The van der Waals surface area contributed by atoms with E-state index in [2.05, 4.69) is 25.6 Å². The van der Waals surface area contributed by atoms with Gasteiger partial charge in [0.15, 0.2) is 0 Å². The van der Waals surface area contributed by atoms with E-state index in [1.807, 2.05) is 30.3 Å². The standard InChI is InChI=1S/C23H24N6O4/c30-16-4-6-17(7-5-16)33-19-3-1-2-13-10-24-22(29-21(13)19)28-15-8-14(11-25-23(31)32)20-18(9-15)26-12-27-20/h1-3,8-10,12,16-17,25,30H,4-7,11H2,(H,26,27)(H,31,32)(H,24,28,29). The highest BCUT2D eigenvalue weighted by atomic mass is 16.5. The Labute approximate surface area is 189 Å². The molecule has 0 spiro atoms. The van der Waals surface area contributed by atoms with Gasteiger partial charge in [-0.1, -0.05) is 12.1 Å². The van der Waals surface area contributed by atoms with Crippen molar-refractivity contribution in [1.82, 2.24) is 25.3 Å². The second-order valence-electron chi connectivity index (χ2n) is 8.15. The molecule has 5 N–H and O–H groups in total. The first-order valence-corrected chi connectivity index (χ1v) is 10.9. The molecule has 33 heavy (non-hydrogen) atoms. The second kappa shape index (κ2) is 8.91. The number of amides is 1. The zero-order valence-corrected chi connectivity index (χ0v) is 17.8. The van der Waals surface area contributed by atoms with Gasteiger partial charge in [-0.05, 0) is 43.9 Å². The minimum atomic E-state index is -1.10. The van der Waals surface area contributed by atoms with E-state index in [4.69, 9.17) is 14.8 Å². The predicted octanol–water partition coefficient (Wildman–Crippen LogP) is 3.70. The molecule has 10 nitrogen and oxygen atoms in total. The Morgan fingerprint density at radius 3 is 2.82 bits per heavy atom. The van der Waals surface area contributed by atoms with Crippen LogP contribution in [0.25, 0.3) is 21.9 Å². The van der Waals surface area contributed by atoms with Gasteiger partial charge >= 0.3 is 6.09 Å². The summed E-state index contributed by atoms with van der Waals surface area (Å²) < 4.78 is 6.24. The quantitative estimate of drug-likeness (QED) is 0.300. The topological polar surface area (TPSA) is 145 Å². The Bertz CT molecular complexity index is 1300. The van der Waals surface area contributed by atoms with Crippen LogP contribution in [0.1, 0.15) is 31.2 Å². The number of para-hydroxylation sites is 1. The molecule has 1 saturated carbocycles. The first kappa shape index (κ1) is 21.0. The molecule has 1 amide bonds. The molecular formula is C23H24N6O4. The molecule has 0 atom stereocenters. The van der Waals surface area contributed by atoms with E-state index in [0.29, 0.717) is 28.4 Å². The Morgan fingerprint density at radius 1 is 1.15 bits per heavy atom. The first-order chi connectivity index (χ1) is 16.0. The Balaban J connectivity index is 1.42. The molecule has 2 aromatic heterocycles. The molecule has 0 saturated heterocycles. The van der Waals surface area contributed by atoms with Crippen LogP contribution in [0.3, 0.4) is 0 Å². The monoisotopic (exact) mass is 448 g/mol. The number of hydrogen-bond acceptors (Lipinski definition) is 7. The van der Waals surface area contributed by atoms with Crippen LogP contribution >= 0.6 is 0 Å². The Hall–Kier alpha value is -3.92. The summed E-state index contributed by atoms with van der Waals surface area (Å²) in [5, 5.41) is 25.2. The molecule has 0 aliphatic heterocycles. The summed E-state index contributed by atoms with van der Waals surface area (Å²) in [7, 11) is 0. The molecular weight excluding hydrogens is 424 g/mol. The van der Waals surface area contributed by atoms with E-state index in [0.717, 1.165) is 42.1 Å². The number of anilines is 2. The van der Waals surface area contributed by atoms with Crippen molar-refractivity contribution in [2.75, 3.05) is 5.32 Å². The molecule has 5 rings (SSSR count). The first-order valence-electron chi connectivity index (χ1n) is 10.9. The molecule has 1 fully saturated rings. The summed E-state index contributed by atoms with van der Waals surface area (Å²) in [6.45, 7) is 0.124. The number of aromatic amines is 1.